The molecule has 0 saturated heterocycles. The Bertz CT molecular complexity index is 1200. The number of nitrogens with zero attached hydrogens (tertiary/aromatic N) is 2. The first-order valence-electron chi connectivity index (χ1n) is 7.62. The van der Waals surface area contributed by atoms with Gasteiger partial charge in [0.2, 0.25) is 0 Å². The standard InChI is InChI=1S/C20H14N2O/c1-23-13-9-10-15-14-6-2-3-7-16(14)19-20(17(15)12-13)22-11-5-4-8-18(22)21-19/h2-12H,1H3. The molecule has 0 N–H and O–H groups in total. The summed E-state index contributed by atoms with van der Waals surface area (Å²) in [7, 11) is 1.70. The van der Waals surface area contributed by atoms with Gasteiger partial charge in [0.15, 0.2) is 0 Å². The third kappa shape index (κ3) is 1.62. The molecule has 5 rings (SSSR count). The van der Waals surface area contributed by atoms with Crippen LogP contribution in [-0.2, 0) is 0 Å². The van der Waals surface area contributed by atoms with Crippen LogP contribution in [-0.4, -0.2) is 16.5 Å². The van der Waals surface area contributed by atoms with E-state index in [0.717, 1.165) is 27.8 Å². The molecule has 0 aliphatic heterocycles. The second-order valence-corrected chi connectivity index (χ2v) is 5.69. The van der Waals surface area contributed by atoms with Crippen LogP contribution in [0.1, 0.15) is 0 Å². The maximum absolute atomic E-state index is 5.44. The summed E-state index contributed by atoms with van der Waals surface area (Å²) in [6, 6.07) is 20.8. The molecule has 0 saturated carbocycles. The lowest BCUT2D eigenvalue weighted by Gasteiger charge is -2.08. The highest BCUT2D eigenvalue weighted by atomic mass is 16.5. The van der Waals surface area contributed by atoms with Crippen molar-refractivity contribution in [2.24, 2.45) is 0 Å². The molecule has 0 aliphatic carbocycles. The highest BCUT2D eigenvalue weighted by Gasteiger charge is 2.14. The van der Waals surface area contributed by atoms with E-state index in [1.165, 1.54) is 16.2 Å². The molecule has 0 atom stereocenters. The van der Waals surface area contributed by atoms with Crippen LogP contribution in [0.15, 0.2) is 66.9 Å². The molecule has 0 unspecified atom stereocenters. The van der Waals surface area contributed by atoms with E-state index in [1.54, 1.807) is 7.11 Å². The number of imidazole rings is 1. The lowest BCUT2D eigenvalue weighted by molar-refractivity contribution is 0.415. The van der Waals surface area contributed by atoms with Crippen LogP contribution in [0.4, 0.5) is 0 Å². The molecule has 23 heavy (non-hydrogen) atoms. The maximum Gasteiger partial charge on any atom is 0.137 e. The summed E-state index contributed by atoms with van der Waals surface area (Å²) in [5.74, 6) is 0.861. The van der Waals surface area contributed by atoms with Gasteiger partial charge in [0.1, 0.15) is 11.4 Å². The Morgan fingerprint density at radius 3 is 2.48 bits per heavy atom. The summed E-state index contributed by atoms with van der Waals surface area (Å²) in [6.45, 7) is 0. The minimum absolute atomic E-state index is 0.861. The van der Waals surface area contributed by atoms with Gasteiger partial charge in [-0.05, 0) is 41.1 Å². The summed E-state index contributed by atoms with van der Waals surface area (Å²) < 4.78 is 7.60. The van der Waals surface area contributed by atoms with Crippen LogP contribution >= 0.6 is 0 Å². The van der Waals surface area contributed by atoms with E-state index in [0.29, 0.717) is 0 Å². The van der Waals surface area contributed by atoms with Crippen LogP contribution in [0.2, 0.25) is 0 Å². The van der Waals surface area contributed by atoms with Crippen molar-refractivity contribution in [3.05, 3.63) is 66.9 Å². The number of fused-ring (bicyclic) bond motifs is 8. The van der Waals surface area contributed by atoms with Crippen molar-refractivity contribution in [1.29, 1.82) is 0 Å². The number of aromatic nitrogens is 2. The summed E-state index contributed by atoms with van der Waals surface area (Å²) >= 11 is 0. The van der Waals surface area contributed by atoms with Gasteiger partial charge < -0.3 is 4.74 Å². The number of hydrogen-bond donors (Lipinski definition) is 0. The Kier molecular flexibility index (Phi) is 2.42. The zero-order valence-corrected chi connectivity index (χ0v) is 12.7. The first-order valence-corrected chi connectivity index (χ1v) is 7.62. The number of ether oxygens (including phenoxy) is 1. The predicted octanol–water partition coefficient (Wildman–Crippen LogP) is 4.80. The third-order valence-corrected chi connectivity index (χ3v) is 4.48. The largest absolute Gasteiger partial charge is 0.497 e. The molecule has 2 aromatic heterocycles. The van der Waals surface area contributed by atoms with E-state index in [1.807, 2.05) is 24.3 Å². The Morgan fingerprint density at radius 1 is 0.826 bits per heavy atom. The minimum atomic E-state index is 0.861. The Morgan fingerprint density at radius 2 is 1.61 bits per heavy atom. The molecule has 0 bridgehead atoms. The molecule has 3 nitrogen and oxygen atoms in total. The van der Waals surface area contributed by atoms with Crippen molar-refractivity contribution in [3.63, 3.8) is 0 Å². The molecule has 0 amide bonds. The van der Waals surface area contributed by atoms with E-state index >= 15 is 0 Å². The molecule has 2 heterocycles. The topological polar surface area (TPSA) is 26.5 Å². The van der Waals surface area contributed by atoms with Crippen molar-refractivity contribution in [1.82, 2.24) is 9.38 Å². The summed E-state index contributed by atoms with van der Waals surface area (Å²) in [5.41, 5.74) is 3.13. The minimum Gasteiger partial charge on any atom is -0.497 e. The molecule has 3 aromatic carbocycles. The highest BCUT2D eigenvalue weighted by Crippen LogP contribution is 2.36. The predicted molar refractivity (Wildman–Crippen MR) is 94.3 cm³/mol. The second-order valence-electron chi connectivity index (χ2n) is 5.69. The van der Waals surface area contributed by atoms with Crippen molar-refractivity contribution in [3.8, 4) is 5.75 Å². The summed E-state index contributed by atoms with van der Waals surface area (Å²) in [5, 5.41) is 4.79. The van der Waals surface area contributed by atoms with Crippen molar-refractivity contribution in [2.45, 2.75) is 0 Å². The lowest BCUT2D eigenvalue weighted by Crippen LogP contribution is -1.88. The monoisotopic (exact) mass is 298 g/mol. The molecule has 0 fully saturated rings. The number of benzene rings is 3. The maximum atomic E-state index is 5.44. The molecule has 110 valence electrons. The fourth-order valence-electron chi connectivity index (χ4n) is 3.45. The fraction of sp³-hybridized carbons (Fsp3) is 0.0500. The summed E-state index contributed by atoms with van der Waals surface area (Å²) in [4.78, 5) is 4.87. The average Bonchev–Trinajstić information content (AvgIpc) is 3.01. The van der Waals surface area contributed by atoms with E-state index < -0.39 is 0 Å². The highest BCUT2D eigenvalue weighted by molar-refractivity contribution is 6.24. The molecule has 0 spiro atoms. The number of rotatable bonds is 1. The average molecular weight is 298 g/mol. The smallest absolute Gasteiger partial charge is 0.137 e. The first-order chi connectivity index (χ1) is 11.4. The number of methoxy groups -OCH3 is 1. The van der Waals surface area contributed by atoms with Crippen LogP contribution < -0.4 is 4.74 Å². The van der Waals surface area contributed by atoms with Crippen LogP contribution in [0, 0.1) is 0 Å². The second kappa shape index (κ2) is 4.46. The van der Waals surface area contributed by atoms with E-state index in [-0.39, 0.29) is 0 Å². The summed E-state index contributed by atoms with van der Waals surface area (Å²) in [6.07, 6.45) is 2.07. The third-order valence-electron chi connectivity index (χ3n) is 4.48. The number of pyridine rings is 1. The van der Waals surface area contributed by atoms with Crippen molar-refractivity contribution >= 4 is 38.2 Å². The first kappa shape index (κ1) is 12.5. The molecule has 0 aliphatic rings. The van der Waals surface area contributed by atoms with Crippen LogP contribution in [0.25, 0.3) is 38.2 Å². The Balaban J connectivity index is 2.17. The molecule has 5 aromatic rings. The van der Waals surface area contributed by atoms with E-state index in [4.69, 9.17) is 9.72 Å². The molecular weight excluding hydrogens is 284 g/mol. The lowest BCUT2D eigenvalue weighted by atomic mass is 10.00. The van der Waals surface area contributed by atoms with Gasteiger partial charge in [-0.3, -0.25) is 4.40 Å². The van der Waals surface area contributed by atoms with E-state index in [9.17, 15) is 0 Å². The van der Waals surface area contributed by atoms with Gasteiger partial charge in [-0.2, -0.15) is 0 Å². The number of hydrogen-bond acceptors (Lipinski definition) is 2. The van der Waals surface area contributed by atoms with Crippen molar-refractivity contribution < 1.29 is 4.74 Å². The van der Waals surface area contributed by atoms with Crippen LogP contribution in [0.3, 0.4) is 0 Å². The van der Waals surface area contributed by atoms with Gasteiger partial charge in [0.25, 0.3) is 0 Å². The van der Waals surface area contributed by atoms with E-state index in [2.05, 4.69) is 47.0 Å². The fourth-order valence-corrected chi connectivity index (χ4v) is 3.45. The molecule has 0 radical (unpaired) electrons. The van der Waals surface area contributed by atoms with Crippen molar-refractivity contribution in [2.75, 3.05) is 7.11 Å². The molecular formula is C20H14N2O. The Labute approximate surface area is 132 Å². The normalized spacial score (nSPS) is 11.7. The van der Waals surface area contributed by atoms with Gasteiger partial charge in [-0.25, -0.2) is 4.98 Å². The van der Waals surface area contributed by atoms with Gasteiger partial charge in [-0.15, -0.1) is 0 Å². The van der Waals surface area contributed by atoms with Crippen LogP contribution in [0.5, 0.6) is 5.75 Å². The Hall–Kier alpha value is -3.07. The van der Waals surface area contributed by atoms with Gasteiger partial charge >= 0.3 is 0 Å². The van der Waals surface area contributed by atoms with Gasteiger partial charge in [0.05, 0.1) is 18.1 Å². The zero-order chi connectivity index (χ0) is 15.4. The quantitative estimate of drug-likeness (QED) is 0.415. The molecule has 3 heteroatoms. The van der Waals surface area contributed by atoms with Gasteiger partial charge in [-0.1, -0.05) is 30.3 Å². The van der Waals surface area contributed by atoms with Gasteiger partial charge in [0, 0.05) is 17.0 Å². The zero-order valence-electron chi connectivity index (χ0n) is 12.7. The SMILES string of the molecule is COc1ccc2c3ccccc3c3nc4ccccn4c3c2c1.